The number of quaternary nitrogens is 1. The number of hydrogen-bond acceptors (Lipinski definition) is 2. The van der Waals surface area contributed by atoms with Crippen molar-refractivity contribution < 1.29 is 14.7 Å². The molecule has 1 heterocycles. The van der Waals surface area contributed by atoms with Gasteiger partial charge in [0.1, 0.15) is 25.0 Å². The Kier molecular flexibility index (Phi) is 5.65. The molecule has 2 rings (SSSR count). The lowest BCUT2D eigenvalue weighted by Gasteiger charge is -2.33. The SMILES string of the molecule is Cc1cccc(OC[C@H](O)C[NH+]2C[C@H](C)C[C@H](C)C2)c1C. The summed E-state index contributed by atoms with van der Waals surface area (Å²) in [7, 11) is 0. The van der Waals surface area contributed by atoms with Crippen molar-refractivity contribution in [2.24, 2.45) is 11.8 Å². The maximum absolute atomic E-state index is 10.2. The van der Waals surface area contributed by atoms with Crippen molar-refractivity contribution in [3.8, 4) is 5.75 Å². The fourth-order valence-electron chi connectivity index (χ4n) is 3.55. The highest BCUT2D eigenvalue weighted by Crippen LogP contribution is 2.20. The number of rotatable bonds is 5. The van der Waals surface area contributed by atoms with Crippen LogP contribution in [0.3, 0.4) is 0 Å². The van der Waals surface area contributed by atoms with E-state index in [2.05, 4.69) is 33.8 Å². The minimum atomic E-state index is -0.391. The van der Waals surface area contributed by atoms with Crippen LogP contribution in [0, 0.1) is 25.7 Å². The van der Waals surface area contributed by atoms with Gasteiger partial charge in [0, 0.05) is 11.8 Å². The molecule has 1 aliphatic rings. The lowest BCUT2D eigenvalue weighted by atomic mass is 9.92. The van der Waals surface area contributed by atoms with Crippen LogP contribution < -0.4 is 9.64 Å². The van der Waals surface area contributed by atoms with Crippen LogP contribution in [0.5, 0.6) is 5.75 Å². The van der Waals surface area contributed by atoms with E-state index >= 15 is 0 Å². The Labute approximate surface area is 128 Å². The van der Waals surface area contributed by atoms with Crippen molar-refractivity contribution in [2.45, 2.75) is 40.2 Å². The summed E-state index contributed by atoms with van der Waals surface area (Å²) >= 11 is 0. The van der Waals surface area contributed by atoms with Crippen LogP contribution in [-0.2, 0) is 0 Å². The Morgan fingerprint density at radius 1 is 1.24 bits per heavy atom. The van der Waals surface area contributed by atoms with E-state index in [4.69, 9.17) is 4.74 Å². The highest BCUT2D eigenvalue weighted by molar-refractivity contribution is 5.38. The molecule has 0 radical (unpaired) electrons. The Hall–Kier alpha value is -1.06. The number of ether oxygens (including phenoxy) is 1. The Bertz CT molecular complexity index is 451. The standard InChI is InChI=1S/C18H29NO2/c1-13-8-14(2)10-19(9-13)11-17(20)12-21-18-7-5-6-15(3)16(18)4/h5-7,13-14,17,20H,8-12H2,1-4H3/p+1/t13-,14+,17-/m1/s1. The fourth-order valence-corrected chi connectivity index (χ4v) is 3.55. The first-order valence-corrected chi connectivity index (χ1v) is 8.16. The van der Waals surface area contributed by atoms with Crippen LogP contribution >= 0.6 is 0 Å². The molecular formula is C18H30NO2+. The van der Waals surface area contributed by atoms with E-state index in [9.17, 15) is 5.11 Å². The number of aryl methyl sites for hydroxylation is 1. The summed E-state index contributed by atoms with van der Waals surface area (Å²) in [4.78, 5) is 1.51. The molecule has 0 aliphatic carbocycles. The smallest absolute Gasteiger partial charge is 0.137 e. The van der Waals surface area contributed by atoms with Crippen LogP contribution in [0.25, 0.3) is 0 Å². The molecule has 3 nitrogen and oxygen atoms in total. The van der Waals surface area contributed by atoms with Crippen molar-refractivity contribution in [2.75, 3.05) is 26.2 Å². The molecule has 21 heavy (non-hydrogen) atoms. The average molecular weight is 292 g/mol. The number of likely N-dealkylation sites (tertiary alicyclic amines) is 1. The second-order valence-electron chi connectivity index (χ2n) is 6.97. The number of aliphatic hydroxyl groups is 1. The normalized spacial score (nSPS) is 27.4. The summed E-state index contributed by atoms with van der Waals surface area (Å²) in [5.74, 6) is 2.41. The van der Waals surface area contributed by atoms with Gasteiger partial charge in [-0.3, -0.25) is 0 Å². The molecular weight excluding hydrogens is 262 g/mol. The molecule has 4 atom stereocenters. The molecule has 1 aliphatic heterocycles. The lowest BCUT2D eigenvalue weighted by molar-refractivity contribution is -0.915. The molecule has 0 spiro atoms. The van der Waals surface area contributed by atoms with Crippen molar-refractivity contribution in [3.05, 3.63) is 29.3 Å². The minimum absolute atomic E-state index is 0.385. The zero-order chi connectivity index (χ0) is 15.4. The molecule has 0 aromatic heterocycles. The van der Waals surface area contributed by atoms with Crippen LogP contribution in [0.4, 0.5) is 0 Å². The summed E-state index contributed by atoms with van der Waals surface area (Å²) in [5, 5.41) is 10.2. The van der Waals surface area contributed by atoms with Gasteiger partial charge in [0.25, 0.3) is 0 Å². The van der Waals surface area contributed by atoms with Gasteiger partial charge in [0.05, 0.1) is 13.1 Å². The molecule has 0 bridgehead atoms. The van der Waals surface area contributed by atoms with Gasteiger partial charge >= 0.3 is 0 Å². The van der Waals surface area contributed by atoms with E-state index in [1.54, 1.807) is 0 Å². The molecule has 1 unspecified atom stereocenters. The summed E-state index contributed by atoms with van der Waals surface area (Å²) in [5.41, 5.74) is 2.39. The quantitative estimate of drug-likeness (QED) is 0.864. The average Bonchev–Trinajstić information content (AvgIpc) is 2.39. The highest BCUT2D eigenvalue weighted by Gasteiger charge is 2.26. The molecule has 1 aromatic rings. The van der Waals surface area contributed by atoms with E-state index in [1.807, 2.05) is 12.1 Å². The van der Waals surface area contributed by atoms with Crippen LogP contribution in [0.2, 0.25) is 0 Å². The first-order valence-electron chi connectivity index (χ1n) is 8.16. The number of piperidine rings is 1. The zero-order valence-corrected chi connectivity index (χ0v) is 13.9. The largest absolute Gasteiger partial charge is 0.490 e. The van der Waals surface area contributed by atoms with Gasteiger partial charge in [-0.05, 0) is 37.5 Å². The molecule has 1 aromatic carbocycles. The molecule has 3 heteroatoms. The highest BCUT2D eigenvalue weighted by atomic mass is 16.5. The van der Waals surface area contributed by atoms with E-state index in [-0.39, 0.29) is 0 Å². The molecule has 118 valence electrons. The Morgan fingerprint density at radius 3 is 2.57 bits per heavy atom. The van der Waals surface area contributed by atoms with Crippen LogP contribution in [0.15, 0.2) is 18.2 Å². The number of nitrogens with one attached hydrogen (secondary N) is 1. The first-order chi connectivity index (χ1) is 9.95. The van der Waals surface area contributed by atoms with Crippen molar-refractivity contribution in [3.63, 3.8) is 0 Å². The summed E-state index contributed by atoms with van der Waals surface area (Å²) in [6.45, 7) is 12.3. The van der Waals surface area contributed by atoms with E-state index in [1.165, 1.54) is 30.0 Å². The van der Waals surface area contributed by atoms with Gasteiger partial charge in [-0.1, -0.05) is 26.0 Å². The number of benzene rings is 1. The molecule has 0 amide bonds. The summed E-state index contributed by atoms with van der Waals surface area (Å²) < 4.78 is 5.81. The third-order valence-corrected chi connectivity index (χ3v) is 4.59. The van der Waals surface area contributed by atoms with Gasteiger partial charge in [0.2, 0.25) is 0 Å². The van der Waals surface area contributed by atoms with Gasteiger partial charge in [-0.2, -0.15) is 0 Å². The number of hydrogen-bond donors (Lipinski definition) is 2. The third kappa shape index (κ3) is 4.72. The maximum Gasteiger partial charge on any atom is 0.137 e. The van der Waals surface area contributed by atoms with Gasteiger partial charge in [-0.15, -0.1) is 0 Å². The Balaban J connectivity index is 1.82. The van der Waals surface area contributed by atoms with Gasteiger partial charge < -0.3 is 14.7 Å². The van der Waals surface area contributed by atoms with Gasteiger partial charge in [0.15, 0.2) is 0 Å². The second-order valence-corrected chi connectivity index (χ2v) is 6.97. The van der Waals surface area contributed by atoms with Gasteiger partial charge in [-0.25, -0.2) is 0 Å². The molecule has 0 saturated carbocycles. The monoisotopic (exact) mass is 292 g/mol. The first kappa shape index (κ1) is 16.3. The van der Waals surface area contributed by atoms with Crippen molar-refractivity contribution in [1.29, 1.82) is 0 Å². The third-order valence-electron chi connectivity index (χ3n) is 4.59. The topological polar surface area (TPSA) is 33.9 Å². The fraction of sp³-hybridized carbons (Fsp3) is 0.667. The van der Waals surface area contributed by atoms with E-state index in [0.29, 0.717) is 6.61 Å². The minimum Gasteiger partial charge on any atom is -0.490 e. The van der Waals surface area contributed by atoms with E-state index in [0.717, 1.165) is 29.7 Å². The van der Waals surface area contributed by atoms with Crippen molar-refractivity contribution in [1.82, 2.24) is 0 Å². The van der Waals surface area contributed by atoms with E-state index < -0.39 is 6.10 Å². The second kappa shape index (κ2) is 7.28. The van der Waals surface area contributed by atoms with Crippen LogP contribution in [-0.4, -0.2) is 37.5 Å². The maximum atomic E-state index is 10.2. The Morgan fingerprint density at radius 2 is 1.90 bits per heavy atom. The molecule has 1 saturated heterocycles. The summed E-state index contributed by atoms with van der Waals surface area (Å²) in [6, 6.07) is 6.07. The predicted molar refractivity (Wildman–Crippen MR) is 85.9 cm³/mol. The molecule has 2 N–H and O–H groups in total. The molecule has 1 fully saturated rings. The summed E-state index contributed by atoms with van der Waals surface area (Å²) in [6.07, 6.45) is 0.927. The number of aliphatic hydroxyl groups excluding tert-OH is 1. The zero-order valence-electron chi connectivity index (χ0n) is 13.9. The van der Waals surface area contributed by atoms with Crippen LogP contribution in [0.1, 0.15) is 31.4 Å². The lowest BCUT2D eigenvalue weighted by Crippen LogP contribution is -3.15. The van der Waals surface area contributed by atoms with Crippen molar-refractivity contribution >= 4 is 0 Å². The predicted octanol–water partition coefficient (Wildman–Crippen LogP) is 1.60.